The van der Waals surface area contributed by atoms with Gasteiger partial charge in [-0.3, -0.25) is 0 Å². The third-order valence-corrected chi connectivity index (χ3v) is 6.19. The van der Waals surface area contributed by atoms with Crippen LogP contribution in [0.25, 0.3) is 21.5 Å². The summed E-state index contributed by atoms with van der Waals surface area (Å²) in [7, 11) is 0. The number of rotatable bonds is 2. The number of nitrogens with zero attached hydrogens (tertiary/aromatic N) is 2. The van der Waals surface area contributed by atoms with Crippen molar-refractivity contribution in [3.05, 3.63) is 65.4 Å². The molecule has 0 saturated carbocycles. The molecule has 2 atom stereocenters. The molecule has 0 aliphatic carbocycles. The first kappa shape index (κ1) is 15.3. The van der Waals surface area contributed by atoms with E-state index >= 15 is 0 Å². The minimum atomic E-state index is 0.0166. The van der Waals surface area contributed by atoms with Crippen LogP contribution in [-0.2, 0) is 6.54 Å². The van der Waals surface area contributed by atoms with E-state index in [1.807, 2.05) is 0 Å². The van der Waals surface area contributed by atoms with Crippen LogP contribution in [0.3, 0.4) is 0 Å². The van der Waals surface area contributed by atoms with Gasteiger partial charge in [-0.15, -0.1) is 0 Å². The summed E-state index contributed by atoms with van der Waals surface area (Å²) in [5.41, 5.74) is 1.38. The topological polar surface area (TPSA) is 26.3 Å². The van der Waals surface area contributed by atoms with Crippen molar-refractivity contribution in [3.8, 4) is 0 Å². The van der Waals surface area contributed by atoms with Crippen LogP contribution in [0, 0.1) is 5.21 Å². The fraction of sp³-hybridized carbons (Fsp3) is 0.364. The Bertz CT molecular complexity index is 884. The molecule has 2 aliphatic rings. The van der Waals surface area contributed by atoms with Crippen LogP contribution in [0.5, 0.6) is 0 Å². The standard InChI is InChI=1S/C22H24N2O/c25-24-13-5-11-22(24)23(12-6-14-24)16-21-19-9-3-1-7-17(19)15-18-8-2-4-10-20(18)21/h1-4,7-10,15,22H,5-6,11-14,16H2. The normalized spacial score (nSPS) is 27.0. The Labute approximate surface area is 148 Å². The van der Waals surface area contributed by atoms with E-state index in [0.29, 0.717) is 0 Å². The van der Waals surface area contributed by atoms with Gasteiger partial charge in [-0.1, -0.05) is 48.5 Å². The van der Waals surface area contributed by atoms with E-state index in [9.17, 15) is 5.21 Å². The largest absolute Gasteiger partial charge is 0.632 e. The average Bonchev–Trinajstić information content (AvgIpc) is 3.04. The summed E-state index contributed by atoms with van der Waals surface area (Å²) in [6.45, 7) is 3.54. The third-order valence-electron chi connectivity index (χ3n) is 6.19. The zero-order valence-corrected chi connectivity index (χ0v) is 14.5. The van der Waals surface area contributed by atoms with Crippen LogP contribution in [0.2, 0.25) is 0 Å². The van der Waals surface area contributed by atoms with Crippen molar-refractivity contribution in [2.75, 3.05) is 19.6 Å². The molecule has 3 aromatic rings. The number of quaternary nitrogens is 1. The van der Waals surface area contributed by atoms with Gasteiger partial charge in [0.25, 0.3) is 0 Å². The second-order valence-corrected chi connectivity index (χ2v) is 7.64. The molecule has 0 radical (unpaired) electrons. The first-order valence-corrected chi connectivity index (χ1v) is 9.46. The van der Waals surface area contributed by atoms with E-state index in [0.717, 1.165) is 45.4 Å². The zero-order valence-electron chi connectivity index (χ0n) is 14.5. The molecular weight excluding hydrogens is 308 g/mol. The highest BCUT2D eigenvalue weighted by Crippen LogP contribution is 2.36. The molecule has 128 valence electrons. The van der Waals surface area contributed by atoms with Gasteiger partial charge in [0.1, 0.15) is 6.17 Å². The number of benzene rings is 3. The third kappa shape index (κ3) is 2.46. The first-order chi connectivity index (χ1) is 12.2. The van der Waals surface area contributed by atoms with E-state index in [-0.39, 0.29) is 10.8 Å². The van der Waals surface area contributed by atoms with Crippen molar-refractivity contribution in [2.24, 2.45) is 0 Å². The quantitative estimate of drug-likeness (QED) is 0.388. The summed E-state index contributed by atoms with van der Waals surface area (Å²) in [6, 6.07) is 19.6. The van der Waals surface area contributed by atoms with Gasteiger partial charge in [0.05, 0.1) is 13.1 Å². The van der Waals surface area contributed by atoms with Gasteiger partial charge in [-0.05, 0) is 33.2 Å². The van der Waals surface area contributed by atoms with Crippen LogP contribution in [-0.4, -0.2) is 35.3 Å². The van der Waals surface area contributed by atoms with Crippen LogP contribution in [0.4, 0.5) is 0 Å². The Kier molecular flexibility index (Phi) is 3.56. The van der Waals surface area contributed by atoms with Crippen LogP contribution < -0.4 is 0 Å². The van der Waals surface area contributed by atoms with Crippen LogP contribution in [0.15, 0.2) is 54.6 Å². The smallest absolute Gasteiger partial charge is 0.145 e. The molecule has 2 saturated heterocycles. The van der Waals surface area contributed by atoms with Crippen molar-refractivity contribution in [1.29, 1.82) is 0 Å². The summed E-state index contributed by atoms with van der Waals surface area (Å²) in [4.78, 5) is 2.47. The second-order valence-electron chi connectivity index (χ2n) is 7.64. The highest BCUT2D eigenvalue weighted by molar-refractivity contribution is 6.02. The highest BCUT2D eigenvalue weighted by Gasteiger charge is 2.41. The molecule has 0 spiro atoms. The van der Waals surface area contributed by atoms with Crippen LogP contribution in [0.1, 0.15) is 24.8 Å². The van der Waals surface area contributed by atoms with Gasteiger partial charge in [0.2, 0.25) is 0 Å². The van der Waals surface area contributed by atoms with Gasteiger partial charge in [0.15, 0.2) is 0 Å². The Hall–Kier alpha value is -1.94. The lowest BCUT2D eigenvalue weighted by molar-refractivity contribution is -0.910. The van der Waals surface area contributed by atoms with E-state index in [4.69, 9.17) is 0 Å². The monoisotopic (exact) mass is 332 g/mol. The Morgan fingerprint density at radius 3 is 2.28 bits per heavy atom. The fourth-order valence-corrected chi connectivity index (χ4v) is 5.02. The molecule has 5 rings (SSSR count). The number of fused-ring (bicyclic) bond motifs is 3. The Balaban J connectivity index is 1.64. The lowest BCUT2D eigenvalue weighted by atomic mass is 9.96. The fourth-order valence-electron chi connectivity index (χ4n) is 5.02. The van der Waals surface area contributed by atoms with E-state index in [1.165, 1.54) is 27.1 Å². The summed E-state index contributed by atoms with van der Waals surface area (Å²) >= 11 is 0. The van der Waals surface area contributed by atoms with Crippen molar-refractivity contribution >= 4 is 21.5 Å². The minimum absolute atomic E-state index is 0.0166. The molecule has 2 unspecified atom stereocenters. The molecule has 3 aromatic carbocycles. The molecule has 0 N–H and O–H groups in total. The molecule has 3 nitrogen and oxygen atoms in total. The predicted octanol–water partition coefficient (Wildman–Crippen LogP) is 4.63. The van der Waals surface area contributed by atoms with Gasteiger partial charge < -0.3 is 9.85 Å². The molecule has 2 fully saturated rings. The second kappa shape index (κ2) is 5.80. The molecule has 3 heteroatoms. The lowest BCUT2D eigenvalue weighted by Gasteiger charge is -2.51. The van der Waals surface area contributed by atoms with Crippen molar-refractivity contribution in [3.63, 3.8) is 0 Å². The average molecular weight is 332 g/mol. The zero-order chi connectivity index (χ0) is 16.9. The van der Waals surface area contributed by atoms with Gasteiger partial charge >= 0.3 is 0 Å². The molecule has 2 aliphatic heterocycles. The highest BCUT2D eigenvalue weighted by atomic mass is 16.6. The number of hydroxylamine groups is 3. The van der Waals surface area contributed by atoms with Gasteiger partial charge in [-0.25, -0.2) is 4.90 Å². The Morgan fingerprint density at radius 1 is 0.920 bits per heavy atom. The van der Waals surface area contributed by atoms with E-state index in [1.54, 1.807) is 0 Å². The predicted molar refractivity (Wildman–Crippen MR) is 103 cm³/mol. The molecular formula is C22H24N2O. The maximum absolute atomic E-state index is 13.1. The van der Waals surface area contributed by atoms with E-state index < -0.39 is 0 Å². The molecule has 25 heavy (non-hydrogen) atoms. The SMILES string of the molecule is [O-][N+]12CCCC1N(Cc1c3ccccc3cc3ccccc13)CCC2. The van der Waals surface area contributed by atoms with Crippen molar-refractivity contribution < 1.29 is 4.65 Å². The number of hydrogen-bond donors (Lipinski definition) is 0. The number of hydrogen-bond acceptors (Lipinski definition) is 2. The molecule has 0 bridgehead atoms. The Morgan fingerprint density at radius 2 is 1.56 bits per heavy atom. The van der Waals surface area contributed by atoms with Crippen molar-refractivity contribution in [1.82, 2.24) is 4.90 Å². The summed E-state index contributed by atoms with van der Waals surface area (Å²) < 4.78 is 0.0166. The minimum Gasteiger partial charge on any atom is -0.632 e. The molecule has 0 aromatic heterocycles. The summed E-state index contributed by atoms with van der Waals surface area (Å²) in [5.74, 6) is 0. The summed E-state index contributed by atoms with van der Waals surface area (Å²) in [5, 5.41) is 18.4. The summed E-state index contributed by atoms with van der Waals surface area (Å²) in [6.07, 6.45) is 3.29. The maximum atomic E-state index is 13.1. The van der Waals surface area contributed by atoms with E-state index in [2.05, 4.69) is 59.5 Å². The molecule has 2 heterocycles. The van der Waals surface area contributed by atoms with Gasteiger partial charge in [0, 0.05) is 32.4 Å². The maximum Gasteiger partial charge on any atom is 0.145 e. The first-order valence-electron chi connectivity index (χ1n) is 9.46. The van der Waals surface area contributed by atoms with Crippen molar-refractivity contribution in [2.45, 2.75) is 32.0 Å². The van der Waals surface area contributed by atoms with Gasteiger partial charge in [-0.2, -0.15) is 0 Å². The molecule has 0 amide bonds. The lowest BCUT2D eigenvalue weighted by Crippen LogP contribution is -2.59. The van der Waals surface area contributed by atoms with Crippen LogP contribution >= 0.6 is 0 Å².